The van der Waals surface area contributed by atoms with Gasteiger partial charge in [0.2, 0.25) is 0 Å². The van der Waals surface area contributed by atoms with Gasteiger partial charge in [-0.05, 0) is 11.1 Å². The Labute approximate surface area is 124 Å². The highest BCUT2D eigenvalue weighted by molar-refractivity contribution is 5.64. The van der Waals surface area contributed by atoms with Gasteiger partial charge in [0.15, 0.2) is 0 Å². The Morgan fingerprint density at radius 2 is 1.52 bits per heavy atom. The quantitative estimate of drug-likeness (QED) is 0.850. The molecule has 0 aliphatic heterocycles. The van der Waals surface area contributed by atoms with Crippen LogP contribution in [0, 0.1) is 0 Å². The zero-order valence-electron chi connectivity index (χ0n) is 11.8. The van der Waals surface area contributed by atoms with Crippen LogP contribution < -0.4 is 5.73 Å². The van der Waals surface area contributed by atoms with E-state index in [-0.39, 0.29) is 6.10 Å². The van der Waals surface area contributed by atoms with Crippen LogP contribution in [-0.2, 0) is 22.5 Å². The van der Waals surface area contributed by atoms with Crippen molar-refractivity contribution in [3.05, 3.63) is 71.8 Å². The zero-order valence-corrected chi connectivity index (χ0v) is 11.8. The molecule has 0 saturated heterocycles. The highest BCUT2D eigenvalue weighted by atomic mass is 16.6. The van der Waals surface area contributed by atoms with Crippen molar-refractivity contribution in [3.63, 3.8) is 0 Å². The van der Waals surface area contributed by atoms with Crippen molar-refractivity contribution in [1.82, 2.24) is 0 Å². The van der Waals surface area contributed by atoms with Crippen molar-refractivity contribution >= 4 is 6.09 Å². The molecule has 2 aromatic carbocycles. The van der Waals surface area contributed by atoms with Crippen LogP contribution in [0.1, 0.15) is 11.1 Å². The minimum atomic E-state index is -0.778. The number of amides is 1. The molecule has 0 fully saturated rings. The summed E-state index contributed by atoms with van der Waals surface area (Å²) in [6, 6.07) is 19.6. The zero-order chi connectivity index (χ0) is 14.9. The molecule has 4 heteroatoms. The first-order valence-corrected chi connectivity index (χ1v) is 6.85. The Morgan fingerprint density at radius 3 is 2.10 bits per heavy atom. The molecule has 1 unspecified atom stereocenters. The Kier molecular flexibility index (Phi) is 5.79. The number of carbonyl (C=O) groups excluding carboxylic acids is 1. The molecule has 4 nitrogen and oxygen atoms in total. The van der Waals surface area contributed by atoms with E-state index >= 15 is 0 Å². The van der Waals surface area contributed by atoms with Crippen LogP contribution in [-0.4, -0.2) is 18.8 Å². The lowest BCUT2D eigenvalue weighted by Crippen LogP contribution is -2.28. The summed E-state index contributed by atoms with van der Waals surface area (Å²) >= 11 is 0. The lowest BCUT2D eigenvalue weighted by atomic mass is 10.1. The van der Waals surface area contributed by atoms with Crippen molar-refractivity contribution in [1.29, 1.82) is 0 Å². The predicted molar refractivity (Wildman–Crippen MR) is 80.7 cm³/mol. The number of ether oxygens (including phenoxy) is 2. The van der Waals surface area contributed by atoms with Crippen LogP contribution in [0.5, 0.6) is 0 Å². The Hall–Kier alpha value is -2.33. The summed E-state index contributed by atoms with van der Waals surface area (Å²) in [5.41, 5.74) is 7.27. The predicted octanol–water partition coefficient (Wildman–Crippen LogP) is 2.91. The molecule has 2 aromatic rings. The average Bonchev–Trinajstić information content (AvgIpc) is 2.49. The van der Waals surface area contributed by atoms with Crippen LogP contribution in [0.2, 0.25) is 0 Å². The minimum absolute atomic E-state index is 0.312. The van der Waals surface area contributed by atoms with Crippen molar-refractivity contribution in [2.24, 2.45) is 5.73 Å². The van der Waals surface area contributed by atoms with E-state index in [1.807, 2.05) is 60.7 Å². The summed E-state index contributed by atoms with van der Waals surface area (Å²) < 4.78 is 10.7. The second-order valence-electron chi connectivity index (χ2n) is 4.75. The molecule has 2 rings (SSSR count). The third kappa shape index (κ3) is 5.67. The highest BCUT2D eigenvalue weighted by Crippen LogP contribution is 2.08. The third-order valence-electron chi connectivity index (χ3n) is 3.00. The first-order valence-electron chi connectivity index (χ1n) is 6.85. The molecule has 2 N–H and O–H groups in total. The molecule has 0 heterocycles. The second-order valence-corrected chi connectivity index (χ2v) is 4.75. The summed E-state index contributed by atoms with van der Waals surface area (Å²) in [4.78, 5) is 11.0. The molecule has 0 bridgehead atoms. The van der Waals surface area contributed by atoms with Gasteiger partial charge >= 0.3 is 6.09 Å². The van der Waals surface area contributed by atoms with E-state index in [0.717, 1.165) is 11.1 Å². The molecule has 1 amide bonds. The molecular weight excluding hydrogens is 266 g/mol. The summed E-state index contributed by atoms with van der Waals surface area (Å²) in [6.45, 7) is 0.793. The first kappa shape index (κ1) is 15.1. The molecule has 0 aliphatic carbocycles. The largest absolute Gasteiger partial charge is 0.444 e. The molecular formula is C17H19NO3. The second kappa shape index (κ2) is 8.07. The van der Waals surface area contributed by atoms with E-state index in [2.05, 4.69) is 0 Å². The minimum Gasteiger partial charge on any atom is -0.444 e. The smallest absolute Gasteiger partial charge is 0.404 e. The molecule has 110 valence electrons. The average molecular weight is 285 g/mol. The fourth-order valence-electron chi connectivity index (χ4n) is 2.06. The first-order chi connectivity index (χ1) is 10.2. The highest BCUT2D eigenvalue weighted by Gasteiger charge is 2.13. The number of benzene rings is 2. The van der Waals surface area contributed by atoms with Crippen LogP contribution in [0.3, 0.4) is 0 Å². The van der Waals surface area contributed by atoms with Gasteiger partial charge in [0.25, 0.3) is 0 Å². The number of hydrogen-bond donors (Lipinski definition) is 1. The maximum atomic E-state index is 11.0. The van der Waals surface area contributed by atoms with E-state index in [1.165, 1.54) is 0 Å². The molecule has 0 aromatic heterocycles. The summed E-state index contributed by atoms with van der Waals surface area (Å²) in [5, 5.41) is 0. The van der Waals surface area contributed by atoms with Crippen LogP contribution in [0.4, 0.5) is 4.79 Å². The molecule has 0 spiro atoms. The lowest BCUT2D eigenvalue weighted by molar-refractivity contribution is 0.0170. The summed E-state index contributed by atoms with van der Waals surface area (Å²) in [5.74, 6) is 0. The van der Waals surface area contributed by atoms with E-state index < -0.39 is 6.09 Å². The standard InChI is InChI=1S/C17H19NO3/c18-17(19)21-16(11-14-7-3-1-4-8-14)13-20-12-15-9-5-2-6-10-15/h1-10,16H,11-13H2,(H2,18,19). The van der Waals surface area contributed by atoms with Gasteiger partial charge in [-0.3, -0.25) is 0 Å². The molecule has 1 atom stereocenters. The fraction of sp³-hybridized carbons (Fsp3) is 0.235. The van der Waals surface area contributed by atoms with E-state index in [0.29, 0.717) is 19.6 Å². The topological polar surface area (TPSA) is 61.6 Å². The monoisotopic (exact) mass is 285 g/mol. The van der Waals surface area contributed by atoms with Crippen LogP contribution in [0.15, 0.2) is 60.7 Å². The van der Waals surface area contributed by atoms with Gasteiger partial charge in [0.1, 0.15) is 6.10 Å². The lowest BCUT2D eigenvalue weighted by Gasteiger charge is -2.17. The van der Waals surface area contributed by atoms with Gasteiger partial charge in [0.05, 0.1) is 13.2 Å². The third-order valence-corrected chi connectivity index (χ3v) is 3.00. The molecule has 0 radical (unpaired) electrons. The van der Waals surface area contributed by atoms with Crippen molar-refractivity contribution in [3.8, 4) is 0 Å². The van der Waals surface area contributed by atoms with Gasteiger partial charge in [-0.25, -0.2) is 4.79 Å². The van der Waals surface area contributed by atoms with Gasteiger partial charge < -0.3 is 15.2 Å². The molecule has 0 aliphatic rings. The SMILES string of the molecule is NC(=O)OC(COCc1ccccc1)Cc1ccccc1. The maximum absolute atomic E-state index is 11.0. The molecule has 0 saturated carbocycles. The van der Waals surface area contributed by atoms with Gasteiger partial charge in [-0.1, -0.05) is 60.7 Å². The number of hydrogen-bond acceptors (Lipinski definition) is 3. The normalized spacial score (nSPS) is 11.8. The Morgan fingerprint density at radius 1 is 0.952 bits per heavy atom. The van der Waals surface area contributed by atoms with Gasteiger partial charge in [-0.2, -0.15) is 0 Å². The van der Waals surface area contributed by atoms with Gasteiger partial charge in [0, 0.05) is 6.42 Å². The van der Waals surface area contributed by atoms with Crippen molar-refractivity contribution in [2.75, 3.05) is 6.61 Å². The van der Waals surface area contributed by atoms with E-state index in [1.54, 1.807) is 0 Å². The number of carbonyl (C=O) groups is 1. The maximum Gasteiger partial charge on any atom is 0.404 e. The van der Waals surface area contributed by atoms with Crippen molar-refractivity contribution in [2.45, 2.75) is 19.1 Å². The van der Waals surface area contributed by atoms with Crippen LogP contribution >= 0.6 is 0 Å². The van der Waals surface area contributed by atoms with E-state index in [9.17, 15) is 4.79 Å². The van der Waals surface area contributed by atoms with Crippen molar-refractivity contribution < 1.29 is 14.3 Å². The number of primary amides is 1. The van der Waals surface area contributed by atoms with Gasteiger partial charge in [-0.15, -0.1) is 0 Å². The van der Waals surface area contributed by atoms with Crippen LogP contribution in [0.25, 0.3) is 0 Å². The Bertz CT molecular complexity index is 542. The summed E-state index contributed by atoms with van der Waals surface area (Å²) in [6.07, 6.45) is -0.577. The Balaban J connectivity index is 1.86. The fourth-order valence-corrected chi connectivity index (χ4v) is 2.06. The number of rotatable bonds is 7. The molecule has 21 heavy (non-hydrogen) atoms. The number of nitrogens with two attached hydrogens (primary N) is 1. The van der Waals surface area contributed by atoms with E-state index in [4.69, 9.17) is 15.2 Å². The summed E-state index contributed by atoms with van der Waals surface area (Å²) in [7, 11) is 0.